The third-order valence-electron chi connectivity index (χ3n) is 5.81. The molecule has 1 saturated heterocycles. The van der Waals surface area contributed by atoms with Gasteiger partial charge in [-0.25, -0.2) is 4.98 Å². The smallest absolute Gasteiger partial charge is 0.256 e. The minimum Gasteiger partial charge on any atom is -0.335 e. The molecule has 0 aliphatic carbocycles. The predicted octanol–water partition coefficient (Wildman–Crippen LogP) is 1.54. The van der Waals surface area contributed by atoms with Crippen LogP contribution in [0, 0.1) is 0 Å². The van der Waals surface area contributed by atoms with Crippen LogP contribution in [0.15, 0.2) is 42.6 Å². The van der Waals surface area contributed by atoms with Gasteiger partial charge < -0.3 is 20.4 Å². The van der Waals surface area contributed by atoms with Gasteiger partial charge in [0.2, 0.25) is 5.91 Å². The summed E-state index contributed by atoms with van der Waals surface area (Å²) in [6.07, 6.45) is 1.38. The van der Waals surface area contributed by atoms with Crippen molar-refractivity contribution >= 4 is 23.3 Å². The molecule has 0 radical (unpaired) electrons. The fourth-order valence-electron chi connectivity index (χ4n) is 4.00. The van der Waals surface area contributed by atoms with Crippen molar-refractivity contribution in [2.45, 2.75) is 13.1 Å². The van der Waals surface area contributed by atoms with Crippen molar-refractivity contribution in [2.24, 2.45) is 0 Å². The summed E-state index contributed by atoms with van der Waals surface area (Å²) in [6, 6.07) is 11.1. The van der Waals surface area contributed by atoms with Crippen LogP contribution in [0.5, 0.6) is 0 Å². The van der Waals surface area contributed by atoms with Crippen molar-refractivity contribution in [3.05, 3.63) is 53.7 Å². The van der Waals surface area contributed by atoms with Gasteiger partial charge in [0.15, 0.2) is 0 Å². The second-order valence-corrected chi connectivity index (χ2v) is 7.74. The molecule has 0 spiro atoms. The molecule has 2 aliphatic heterocycles. The molecule has 1 aromatic carbocycles. The van der Waals surface area contributed by atoms with Gasteiger partial charge in [-0.1, -0.05) is 19.1 Å². The molecule has 1 aromatic heterocycles. The first-order valence-electron chi connectivity index (χ1n) is 10.4. The van der Waals surface area contributed by atoms with Crippen LogP contribution in [0.2, 0.25) is 0 Å². The Morgan fingerprint density at radius 3 is 2.53 bits per heavy atom. The number of amides is 2. The lowest BCUT2D eigenvalue weighted by Gasteiger charge is -2.35. The maximum Gasteiger partial charge on any atom is 0.256 e. The lowest BCUT2D eigenvalue weighted by atomic mass is 10.1. The molecule has 1 atom stereocenters. The van der Waals surface area contributed by atoms with Gasteiger partial charge in [-0.15, -0.1) is 0 Å². The summed E-state index contributed by atoms with van der Waals surface area (Å²) in [5.74, 6) is 0.516. The lowest BCUT2D eigenvalue weighted by Crippen LogP contribution is -2.48. The summed E-state index contributed by atoms with van der Waals surface area (Å²) in [5.41, 5.74) is 2.25. The summed E-state index contributed by atoms with van der Waals surface area (Å²) < 4.78 is 0. The first-order valence-corrected chi connectivity index (χ1v) is 10.4. The molecular weight excluding hydrogens is 380 g/mol. The molecule has 158 valence electrons. The number of piperazine rings is 1. The highest BCUT2D eigenvalue weighted by atomic mass is 16.2. The topological polar surface area (TPSA) is 80.8 Å². The van der Waals surface area contributed by atoms with E-state index < -0.39 is 0 Å². The van der Waals surface area contributed by atoms with E-state index in [1.165, 1.54) is 0 Å². The van der Waals surface area contributed by atoms with Crippen LogP contribution in [0.25, 0.3) is 0 Å². The van der Waals surface area contributed by atoms with Crippen LogP contribution in [0.1, 0.15) is 29.0 Å². The normalized spacial score (nSPS) is 19.9. The Labute approximate surface area is 176 Å². The van der Waals surface area contributed by atoms with Crippen molar-refractivity contribution in [1.29, 1.82) is 0 Å². The zero-order chi connectivity index (χ0) is 21.1. The fourth-order valence-corrected chi connectivity index (χ4v) is 4.00. The van der Waals surface area contributed by atoms with E-state index in [4.69, 9.17) is 0 Å². The van der Waals surface area contributed by atoms with Crippen molar-refractivity contribution in [2.75, 3.05) is 56.5 Å². The first kappa shape index (κ1) is 20.3. The Hall–Kier alpha value is -2.97. The Balaban J connectivity index is 1.36. The Morgan fingerprint density at radius 2 is 1.83 bits per heavy atom. The van der Waals surface area contributed by atoms with Gasteiger partial charge in [0, 0.05) is 45.1 Å². The second-order valence-electron chi connectivity index (χ2n) is 7.74. The van der Waals surface area contributed by atoms with Crippen LogP contribution in [0.4, 0.5) is 11.5 Å². The molecule has 8 heteroatoms. The van der Waals surface area contributed by atoms with E-state index in [1.54, 1.807) is 18.3 Å². The van der Waals surface area contributed by atoms with Gasteiger partial charge in [-0.2, -0.15) is 0 Å². The average molecular weight is 409 g/mol. The van der Waals surface area contributed by atoms with Gasteiger partial charge in [0.1, 0.15) is 12.0 Å². The van der Waals surface area contributed by atoms with Gasteiger partial charge >= 0.3 is 0 Å². The molecule has 2 amide bonds. The number of hydrogen-bond donors (Lipinski definition) is 2. The van der Waals surface area contributed by atoms with Crippen LogP contribution in [-0.4, -0.2) is 72.9 Å². The molecule has 0 bridgehead atoms. The number of rotatable bonds is 5. The third kappa shape index (κ3) is 4.29. The SMILES string of the molecule is CCN1CCN(CC(=O)Nc2ccc(C3NC(=O)c4cccnc4N3C)cc2)CC1. The van der Waals surface area contributed by atoms with Crippen molar-refractivity contribution in [3.8, 4) is 0 Å². The minimum absolute atomic E-state index is 0.00564. The van der Waals surface area contributed by atoms with E-state index in [0.29, 0.717) is 17.9 Å². The molecule has 0 saturated carbocycles. The summed E-state index contributed by atoms with van der Waals surface area (Å²) in [7, 11) is 1.91. The van der Waals surface area contributed by atoms with Gasteiger partial charge in [0.25, 0.3) is 5.91 Å². The minimum atomic E-state index is -0.306. The molecule has 1 unspecified atom stereocenters. The monoisotopic (exact) mass is 408 g/mol. The number of carbonyl (C=O) groups is 2. The number of carbonyl (C=O) groups excluding carboxylic acids is 2. The number of anilines is 2. The zero-order valence-corrected chi connectivity index (χ0v) is 17.5. The Bertz CT molecular complexity index is 908. The quantitative estimate of drug-likeness (QED) is 0.781. The number of fused-ring (bicyclic) bond motifs is 1. The number of aromatic nitrogens is 1. The van der Waals surface area contributed by atoms with Crippen LogP contribution < -0.4 is 15.5 Å². The molecule has 8 nitrogen and oxygen atoms in total. The second kappa shape index (κ2) is 8.81. The third-order valence-corrected chi connectivity index (χ3v) is 5.81. The summed E-state index contributed by atoms with van der Waals surface area (Å²) in [5, 5.41) is 5.98. The summed E-state index contributed by atoms with van der Waals surface area (Å²) in [4.78, 5) is 35.7. The van der Waals surface area contributed by atoms with Gasteiger partial charge in [-0.05, 0) is 36.4 Å². The number of pyridine rings is 1. The highest BCUT2D eigenvalue weighted by Gasteiger charge is 2.30. The Morgan fingerprint density at radius 1 is 1.13 bits per heavy atom. The van der Waals surface area contributed by atoms with E-state index in [1.807, 2.05) is 36.2 Å². The molecule has 3 heterocycles. The van der Waals surface area contributed by atoms with Crippen LogP contribution in [-0.2, 0) is 4.79 Å². The standard InChI is InChI=1S/C22H28N6O2/c1-3-27-11-13-28(14-12-27)15-19(29)24-17-8-6-16(7-9-17)20-25-22(30)18-5-4-10-23-21(18)26(20)2/h4-10,20H,3,11-15H2,1-2H3,(H,24,29)(H,25,30). The molecule has 4 rings (SSSR count). The van der Waals surface area contributed by atoms with E-state index >= 15 is 0 Å². The van der Waals surface area contributed by atoms with E-state index in [2.05, 4.69) is 32.3 Å². The van der Waals surface area contributed by atoms with Crippen molar-refractivity contribution in [3.63, 3.8) is 0 Å². The summed E-state index contributed by atoms with van der Waals surface area (Å²) in [6.45, 7) is 7.49. The maximum absolute atomic E-state index is 12.4. The molecule has 1 fully saturated rings. The lowest BCUT2D eigenvalue weighted by molar-refractivity contribution is -0.117. The number of hydrogen-bond acceptors (Lipinski definition) is 6. The highest BCUT2D eigenvalue weighted by molar-refractivity contribution is 6.01. The largest absolute Gasteiger partial charge is 0.335 e. The van der Waals surface area contributed by atoms with E-state index in [0.717, 1.165) is 44.0 Å². The number of benzene rings is 1. The molecule has 2 N–H and O–H groups in total. The van der Waals surface area contributed by atoms with E-state index in [-0.39, 0.29) is 18.0 Å². The van der Waals surface area contributed by atoms with Gasteiger partial charge in [0.05, 0.1) is 12.1 Å². The average Bonchev–Trinajstić information content (AvgIpc) is 2.77. The fraction of sp³-hybridized carbons (Fsp3) is 0.409. The Kier molecular flexibility index (Phi) is 5.96. The highest BCUT2D eigenvalue weighted by Crippen LogP contribution is 2.30. The number of nitrogens with one attached hydrogen (secondary N) is 2. The van der Waals surface area contributed by atoms with Crippen LogP contribution in [0.3, 0.4) is 0 Å². The van der Waals surface area contributed by atoms with Crippen molar-refractivity contribution in [1.82, 2.24) is 20.1 Å². The molecule has 2 aliphatic rings. The zero-order valence-electron chi connectivity index (χ0n) is 17.5. The number of likely N-dealkylation sites (N-methyl/N-ethyl adjacent to an activating group) is 1. The molecule has 30 heavy (non-hydrogen) atoms. The van der Waals surface area contributed by atoms with Gasteiger partial charge in [-0.3, -0.25) is 14.5 Å². The molecular formula is C22H28N6O2. The maximum atomic E-state index is 12.4. The van der Waals surface area contributed by atoms with E-state index in [9.17, 15) is 9.59 Å². The molecule has 2 aromatic rings. The first-order chi connectivity index (χ1) is 14.5. The predicted molar refractivity (Wildman–Crippen MR) is 116 cm³/mol. The number of nitrogens with zero attached hydrogens (tertiary/aromatic N) is 4. The van der Waals surface area contributed by atoms with Crippen LogP contribution >= 0.6 is 0 Å². The van der Waals surface area contributed by atoms with Crippen molar-refractivity contribution < 1.29 is 9.59 Å². The summed E-state index contributed by atoms with van der Waals surface area (Å²) >= 11 is 0.